The summed E-state index contributed by atoms with van der Waals surface area (Å²) in [5.74, 6) is 6.60. The maximum absolute atomic E-state index is 13.5. The van der Waals surface area contributed by atoms with Gasteiger partial charge in [0.05, 0.1) is 16.8 Å². The van der Waals surface area contributed by atoms with E-state index in [1.807, 2.05) is 71.7 Å². The van der Waals surface area contributed by atoms with E-state index in [0.717, 1.165) is 45.9 Å². The van der Waals surface area contributed by atoms with Crippen LogP contribution in [0.4, 0.5) is 0 Å². The summed E-state index contributed by atoms with van der Waals surface area (Å²) in [6, 6.07) is 13.9. The maximum atomic E-state index is 13.5. The third-order valence-corrected chi connectivity index (χ3v) is 6.24. The van der Waals surface area contributed by atoms with Gasteiger partial charge in [-0.2, -0.15) is 0 Å². The van der Waals surface area contributed by atoms with E-state index in [2.05, 4.69) is 21.8 Å². The highest BCUT2D eigenvalue weighted by Gasteiger charge is 2.22. The highest BCUT2D eigenvalue weighted by Crippen LogP contribution is 2.32. The molecule has 1 aromatic carbocycles. The Labute approximate surface area is 178 Å². The van der Waals surface area contributed by atoms with Gasteiger partial charge >= 0.3 is 0 Å². The minimum Gasteiger partial charge on any atom is -0.306 e. The van der Waals surface area contributed by atoms with Gasteiger partial charge in [-0.25, -0.2) is 4.98 Å². The molecule has 5 heteroatoms. The zero-order valence-electron chi connectivity index (χ0n) is 16.6. The fourth-order valence-electron chi connectivity index (χ4n) is 3.84. The molecular formula is C25H19N3OS. The molecule has 4 aromatic rings. The second kappa shape index (κ2) is 7.74. The minimum atomic E-state index is -0.0127. The highest BCUT2D eigenvalue weighted by atomic mass is 32.1. The number of rotatable bonds is 1. The first kappa shape index (κ1) is 18.5. The molecule has 146 valence electrons. The van der Waals surface area contributed by atoms with Gasteiger partial charge in [-0.3, -0.25) is 9.78 Å². The van der Waals surface area contributed by atoms with Gasteiger partial charge in [-0.15, -0.1) is 11.3 Å². The molecular weight excluding hydrogens is 390 g/mol. The Morgan fingerprint density at radius 2 is 1.97 bits per heavy atom. The van der Waals surface area contributed by atoms with E-state index in [-0.39, 0.29) is 5.56 Å². The van der Waals surface area contributed by atoms with Gasteiger partial charge in [0.15, 0.2) is 0 Å². The van der Waals surface area contributed by atoms with Crippen molar-refractivity contribution in [3.05, 3.63) is 93.0 Å². The molecule has 3 aromatic heterocycles. The van der Waals surface area contributed by atoms with Crippen molar-refractivity contribution in [3.63, 3.8) is 0 Å². The Hall–Kier alpha value is -3.49. The zero-order valence-corrected chi connectivity index (χ0v) is 17.4. The van der Waals surface area contributed by atoms with E-state index in [4.69, 9.17) is 0 Å². The number of benzene rings is 1. The van der Waals surface area contributed by atoms with Crippen molar-refractivity contribution in [3.8, 4) is 33.7 Å². The topological polar surface area (TPSA) is 47.8 Å². The van der Waals surface area contributed by atoms with Crippen LogP contribution in [0.15, 0.2) is 65.0 Å². The molecule has 0 aliphatic carbocycles. The van der Waals surface area contributed by atoms with Gasteiger partial charge in [-0.05, 0) is 49.6 Å². The smallest absolute Gasteiger partial charge is 0.261 e. The summed E-state index contributed by atoms with van der Waals surface area (Å²) < 4.78 is 1.87. The first-order chi connectivity index (χ1) is 14.7. The Kier molecular flexibility index (Phi) is 4.78. The predicted octanol–water partition coefficient (Wildman–Crippen LogP) is 4.69. The molecule has 4 nitrogen and oxygen atoms in total. The molecule has 30 heavy (non-hydrogen) atoms. The molecule has 0 saturated carbocycles. The number of pyridine rings is 2. The Morgan fingerprint density at radius 1 is 1.10 bits per heavy atom. The van der Waals surface area contributed by atoms with Gasteiger partial charge in [0.25, 0.3) is 5.56 Å². The van der Waals surface area contributed by atoms with Gasteiger partial charge in [0.2, 0.25) is 0 Å². The average Bonchev–Trinajstić information content (AvgIpc) is 3.10. The van der Waals surface area contributed by atoms with Crippen LogP contribution in [0.5, 0.6) is 0 Å². The lowest BCUT2D eigenvalue weighted by Gasteiger charge is -2.15. The molecule has 0 spiro atoms. The molecule has 0 unspecified atom stereocenters. The monoisotopic (exact) mass is 409 g/mol. The normalized spacial score (nSPS) is 12.3. The molecule has 0 N–H and O–H groups in total. The quantitative estimate of drug-likeness (QED) is 0.429. The summed E-state index contributed by atoms with van der Waals surface area (Å²) in [5, 5.41) is 2.71. The molecule has 5 rings (SSSR count). The summed E-state index contributed by atoms with van der Waals surface area (Å²) in [6.45, 7) is 2.60. The van der Waals surface area contributed by atoms with Crippen LogP contribution >= 0.6 is 11.3 Å². The first-order valence-electron chi connectivity index (χ1n) is 9.91. The lowest BCUT2D eigenvalue weighted by molar-refractivity contribution is 0.641. The number of aryl methyl sites for hydroxylation is 2. The van der Waals surface area contributed by atoms with Crippen LogP contribution in [-0.2, 0) is 13.0 Å². The van der Waals surface area contributed by atoms with Gasteiger partial charge in [-0.1, -0.05) is 30.0 Å². The molecule has 1 aliphatic rings. The predicted molar refractivity (Wildman–Crippen MR) is 121 cm³/mol. The van der Waals surface area contributed by atoms with E-state index < -0.39 is 0 Å². The molecule has 0 saturated heterocycles. The lowest BCUT2D eigenvalue weighted by Crippen LogP contribution is -2.24. The lowest BCUT2D eigenvalue weighted by atomic mass is 9.99. The molecule has 4 heterocycles. The Balaban J connectivity index is 1.80. The van der Waals surface area contributed by atoms with Gasteiger partial charge < -0.3 is 4.57 Å². The van der Waals surface area contributed by atoms with Crippen LogP contribution in [0.1, 0.15) is 28.8 Å². The number of nitrogens with zero attached hydrogens (tertiary/aromatic N) is 3. The number of fused-ring (bicyclic) bond motifs is 3. The van der Waals surface area contributed by atoms with Crippen LogP contribution in [0.25, 0.3) is 21.8 Å². The van der Waals surface area contributed by atoms with Gasteiger partial charge in [0, 0.05) is 41.1 Å². The Bertz CT molecular complexity index is 1360. The largest absolute Gasteiger partial charge is 0.306 e. The summed E-state index contributed by atoms with van der Waals surface area (Å²) in [6.07, 6.45) is 5.48. The van der Waals surface area contributed by atoms with Crippen LogP contribution in [0.2, 0.25) is 0 Å². The van der Waals surface area contributed by atoms with E-state index in [0.29, 0.717) is 12.1 Å². The zero-order chi connectivity index (χ0) is 20.5. The average molecular weight is 410 g/mol. The molecule has 0 fully saturated rings. The second-order valence-electron chi connectivity index (χ2n) is 7.32. The van der Waals surface area contributed by atoms with Crippen molar-refractivity contribution in [2.45, 2.75) is 26.3 Å². The van der Waals surface area contributed by atoms with Crippen LogP contribution in [-0.4, -0.2) is 14.5 Å². The van der Waals surface area contributed by atoms with E-state index >= 15 is 0 Å². The number of hydrogen-bond acceptors (Lipinski definition) is 4. The summed E-state index contributed by atoms with van der Waals surface area (Å²) in [4.78, 5) is 22.4. The Morgan fingerprint density at radius 3 is 2.77 bits per heavy atom. The van der Waals surface area contributed by atoms with Crippen molar-refractivity contribution < 1.29 is 0 Å². The molecule has 0 bridgehead atoms. The number of thiazole rings is 1. The van der Waals surface area contributed by atoms with Crippen molar-refractivity contribution in [1.82, 2.24) is 14.5 Å². The minimum absolute atomic E-state index is 0.0127. The summed E-state index contributed by atoms with van der Waals surface area (Å²) in [5.41, 5.74) is 6.35. The van der Waals surface area contributed by atoms with E-state index in [9.17, 15) is 4.79 Å². The van der Waals surface area contributed by atoms with Crippen molar-refractivity contribution in [1.29, 1.82) is 0 Å². The van der Waals surface area contributed by atoms with Crippen LogP contribution in [0, 0.1) is 18.8 Å². The summed E-state index contributed by atoms with van der Waals surface area (Å²) >= 11 is 1.50. The third kappa shape index (κ3) is 3.36. The highest BCUT2D eigenvalue weighted by molar-refractivity contribution is 7.13. The maximum Gasteiger partial charge on any atom is 0.261 e. The van der Waals surface area contributed by atoms with Crippen LogP contribution in [0.3, 0.4) is 0 Å². The third-order valence-electron chi connectivity index (χ3n) is 5.25. The molecule has 0 radical (unpaired) electrons. The second-order valence-corrected chi connectivity index (χ2v) is 8.18. The van der Waals surface area contributed by atoms with E-state index in [1.54, 1.807) is 0 Å². The van der Waals surface area contributed by atoms with Crippen LogP contribution < -0.4 is 5.56 Å². The van der Waals surface area contributed by atoms with E-state index in [1.165, 1.54) is 16.9 Å². The molecule has 0 atom stereocenters. The van der Waals surface area contributed by atoms with Crippen molar-refractivity contribution in [2.75, 3.05) is 0 Å². The first-order valence-corrected chi connectivity index (χ1v) is 10.8. The van der Waals surface area contributed by atoms with Gasteiger partial charge in [0.1, 0.15) is 5.01 Å². The van der Waals surface area contributed by atoms with Crippen molar-refractivity contribution >= 4 is 11.3 Å². The molecule has 1 aliphatic heterocycles. The fraction of sp³-hybridized carbons (Fsp3) is 0.160. The standard InChI is InChI=1S/C25H19N3OS/c1-17-16-30-24(27-17)21-14-20(10-9-18-6-3-2-4-7-18)23-22-15-26-12-11-19(22)8-5-13-28(23)25(21)29/h2-4,6-7,11-12,14-16H,5,8,13H2,1H3. The SMILES string of the molecule is Cc1csc(-c2cc(C#Cc3ccccc3)c3n(c2=O)CCCc2ccncc2-3)n1. The molecule has 0 amide bonds. The number of hydrogen-bond donors (Lipinski definition) is 0. The number of aromatic nitrogens is 3. The summed E-state index contributed by atoms with van der Waals surface area (Å²) in [7, 11) is 0. The fourth-order valence-corrected chi connectivity index (χ4v) is 4.64. The van der Waals surface area contributed by atoms with Crippen molar-refractivity contribution in [2.24, 2.45) is 0 Å².